The molecule has 15 rings (SSSR count). The summed E-state index contributed by atoms with van der Waals surface area (Å²) in [6.45, 7) is -1.27. The standard InChI is InChI=1S/C28H39N5O4.C27H37N5O4.C23H30ClN3O.C5H10N2O3.Na.H2O/c1-37-26(35)18-29-25(34)17-30-27-28(36)33(24-12-8-7-11-23(24)31-27)22-15-20-13-14-21(16-22)32(20)19-9-5-3-2-4-6-10-19;33-24(28-17-25(34)35)16-29-26-27(36)32(23-11-7-6-10-22(23)30-26)21-14-19-12-13-20(15-21)31(19)18-8-4-2-1-3-5-9-18;24-22-23(28)27(21-11-7-6-10-20(21)25-22)19-14-17-12-13-18(15-19)26(17)16-8-4-2-1-3-5-9-16;1-10-5(9)3-7-4(8)2-6;;/h7-8,11-12,19-22H,2-6,9-10,13-18H2,1H3,(H,29,34)(H,30,31);6-7,10-11,18-21H,1-5,8-9,12-17H2,(H,28,33)(H,29,30)(H,34,35);6-7,10-11,16-19H,1-5,8-9,12-15H2;2-3,6H2,1H3,(H,7,8);;1H2/q;;;;+1;/p-1/t20-,21+,22?;19-,20+,21?;17-,18+,19?;;;. The number of hydrogen-bond donors (Lipinski definition) is 7. The summed E-state index contributed by atoms with van der Waals surface area (Å²) < 4.78 is 14.6. The average molecular weight is 1590 g/mol. The van der Waals surface area contributed by atoms with E-state index in [0.717, 1.165) is 72.2 Å². The molecule has 6 bridgehead atoms. The van der Waals surface area contributed by atoms with E-state index >= 15 is 0 Å². The van der Waals surface area contributed by atoms with Gasteiger partial charge in [0.2, 0.25) is 17.7 Å². The number of amides is 3. The van der Waals surface area contributed by atoms with Crippen molar-refractivity contribution in [2.75, 3.05) is 64.1 Å². The minimum absolute atomic E-state index is 0. The Kier molecular flexibility index (Phi) is 33.5. The number of ether oxygens (including phenoxy) is 2. The topological polar surface area (TPSA) is 372 Å². The molecule has 9 heterocycles. The Bertz CT molecular complexity index is 4310. The van der Waals surface area contributed by atoms with Gasteiger partial charge in [0.25, 0.3) is 16.7 Å². The zero-order valence-electron chi connectivity index (χ0n) is 66.3. The summed E-state index contributed by atoms with van der Waals surface area (Å²) in [6, 6.07) is 29.2. The Hall–Kier alpha value is -7.41. The Morgan fingerprint density at radius 2 is 0.681 bits per heavy atom. The number of benzene rings is 3. The first-order chi connectivity index (χ1) is 54.0. The van der Waals surface area contributed by atoms with E-state index in [1.54, 1.807) is 0 Å². The van der Waals surface area contributed by atoms with Gasteiger partial charge in [-0.3, -0.25) is 57.9 Å². The molecule has 0 radical (unpaired) electrons. The molecule has 9 fully saturated rings. The maximum Gasteiger partial charge on any atom is 1.00 e. The SMILES string of the molecule is COC(=O)CNC(=O)CN.COC(=O)CNC(=O)CNc1nc2ccccc2n(C2C[C@H]3CC[C@@H](C2)N3C2CCCCCCC2)c1=O.O=C(O)CNC(=O)CNc1nc2ccccc2n(C2C[C@H]3CC[C@@H](C2)N3C2CCCCCCC2)c1=O.O=c1c(Cl)nc2ccccc2n1C1C[C@H]2CC[C@@H](C1)N2C1CCCCCCC1.[Na+].[OH-]. The summed E-state index contributed by atoms with van der Waals surface area (Å²) in [4.78, 5) is 129. The summed E-state index contributed by atoms with van der Waals surface area (Å²) in [6.07, 6.45) is 41.8. The largest absolute Gasteiger partial charge is 1.00 e. The van der Waals surface area contributed by atoms with Crippen LogP contribution < -0.4 is 78.6 Å². The number of nitrogens with one attached hydrogen (secondary N) is 5. The van der Waals surface area contributed by atoms with Gasteiger partial charge in [-0.2, -0.15) is 0 Å². The van der Waals surface area contributed by atoms with E-state index < -0.39 is 36.3 Å². The number of aromatic nitrogens is 6. The molecule has 3 saturated carbocycles. The van der Waals surface area contributed by atoms with Crippen LogP contribution in [0.2, 0.25) is 5.15 Å². The van der Waals surface area contributed by atoms with Gasteiger partial charge in [-0.15, -0.1) is 0 Å². The molecule has 3 aromatic heterocycles. The fraction of sp³-hybridized carbons (Fsp3) is 0.639. The molecule has 0 spiro atoms. The number of carboxylic acids is 1. The zero-order chi connectivity index (χ0) is 77.9. The molecule has 3 aliphatic carbocycles. The van der Waals surface area contributed by atoms with E-state index in [1.807, 2.05) is 86.5 Å². The second-order valence-corrected chi connectivity index (χ2v) is 32.3. The number of piperidine rings is 3. The first-order valence-corrected chi connectivity index (χ1v) is 41.7. The van der Waals surface area contributed by atoms with Crippen LogP contribution in [-0.2, 0) is 38.2 Å². The number of aliphatic carboxylic acids is 1. The molecule has 3 amide bonds. The monoisotopic (exact) mass is 1590 g/mol. The van der Waals surface area contributed by atoms with Crippen LogP contribution in [0.1, 0.15) is 230 Å². The molecule has 3 unspecified atom stereocenters. The van der Waals surface area contributed by atoms with Crippen LogP contribution in [0.3, 0.4) is 0 Å². The normalized spacial score (nSPS) is 24.3. The Balaban J connectivity index is 0.000000169. The number of nitrogens with two attached hydrogens (primary N) is 1. The number of carbonyl (C=O) groups excluding carboxylic acids is 5. The maximum atomic E-state index is 13.7. The van der Waals surface area contributed by atoms with Crippen molar-refractivity contribution in [3.05, 3.63) is 109 Å². The van der Waals surface area contributed by atoms with Crippen molar-refractivity contribution in [1.29, 1.82) is 0 Å². The van der Waals surface area contributed by atoms with Crippen LogP contribution in [0.5, 0.6) is 0 Å². The number of rotatable bonds is 19. The molecule has 6 aromatic rings. The van der Waals surface area contributed by atoms with Crippen LogP contribution in [0, 0.1) is 0 Å². The van der Waals surface area contributed by atoms with Gasteiger partial charge in [-0.05, 0) is 152 Å². The Morgan fingerprint density at radius 3 is 0.991 bits per heavy atom. The number of fused-ring (bicyclic) bond motifs is 9. The van der Waals surface area contributed by atoms with Gasteiger partial charge >= 0.3 is 47.5 Å². The molecule has 30 heteroatoms. The van der Waals surface area contributed by atoms with Crippen LogP contribution in [0.15, 0.2) is 87.2 Å². The number of esters is 2. The van der Waals surface area contributed by atoms with E-state index in [0.29, 0.717) is 53.9 Å². The van der Waals surface area contributed by atoms with Gasteiger partial charge in [0.15, 0.2) is 16.8 Å². The van der Waals surface area contributed by atoms with Crippen molar-refractivity contribution in [3.8, 4) is 0 Å². The van der Waals surface area contributed by atoms with Gasteiger partial charge in [-0.1, -0.05) is 144 Å². The zero-order valence-corrected chi connectivity index (χ0v) is 69.1. The predicted octanol–water partition coefficient (Wildman–Crippen LogP) is 7.06. The van der Waals surface area contributed by atoms with Gasteiger partial charge in [0, 0.05) is 72.5 Å². The molecule has 9 N–H and O–H groups in total. The summed E-state index contributed by atoms with van der Waals surface area (Å²) in [5, 5.41) is 21.7. The molecule has 28 nitrogen and oxygen atoms in total. The fourth-order valence-electron chi connectivity index (χ4n) is 20.1. The number of anilines is 2. The van der Waals surface area contributed by atoms with Crippen LogP contribution in [0.25, 0.3) is 33.1 Å². The van der Waals surface area contributed by atoms with Gasteiger partial charge in [0.1, 0.15) is 19.6 Å². The fourth-order valence-corrected chi connectivity index (χ4v) is 20.3. The van der Waals surface area contributed by atoms with Gasteiger partial charge in [-0.25, -0.2) is 15.0 Å². The van der Waals surface area contributed by atoms with Crippen LogP contribution in [0.4, 0.5) is 11.6 Å². The third-order valence-electron chi connectivity index (χ3n) is 25.0. The molecule has 6 saturated heterocycles. The smallest absolute Gasteiger partial charge is 0.870 e. The van der Waals surface area contributed by atoms with E-state index in [1.165, 1.54) is 188 Å². The molecular formula is C83H117ClN15NaO13. The number of halogens is 1. The van der Waals surface area contributed by atoms with Crippen molar-refractivity contribution >= 4 is 92.0 Å². The molecule has 6 aliphatic heterocycles. The van der Waals surface area contributed by atoms with Crippen molar-refractivity contribution in [1.82, 2.24) is 59.3 Å². The third kappa shape index (κ3) is 22.4. The van der Waals surface area contributed by atoms with Crippen molar-refractivity contribution in [2.45, 2.75) is 284 Å². The van der Waals surface area contributed by atoms with Gasteiger partial charge in [0.05, 0.1) is 67.0 Å². The number of methoxy groups -OCH3 is 2. The Morgan fingerprint density at radius 1 is 0.398 bits per heavy atom. The first kappa shape index (κ1) is 88.0. The average Bonchev–Trinajstić information content (AvgIpc) is 1.75. The summed E-state index contributed by atoms with van der Waals surface area (Å²) in [5.41, 5.74) is 9.27. The summed E-state index contributed by atoms with van der Waals surface area (Å²) in [7, 11) is 2.51. The quantitative estimate of drug-likeness (QED) is 0.0315. The molecule has 610 valence electrons. The van der Waals surface area contributed by atoms with Crippen LogP contribution >= 0.6 is 11.6 Å². The second kappa shape index (κ2) is 43.0. The maximum absolute atomic E-state index is 13.7. The molecule has 3 aromatic carbocycles. The molecule has 9 aliphatic rings. The number of hydrogen-bond acceptors (Lipinski definition) is 21. The van der Waals surface area contributed by atoms with Gasteiger partial charge < -0.3 is 66.1 Å². The van der Waals surface area contributed by atoms with Crippen LogP contribution in [-0.4, -0.2) is 197 Å². The Labute approximate surface area is 688 Å². The third-order valence-corrected chi connectivity index (χ3v) is 25.2. The minimum atomic E-state index is -1.12. The molecule has 9 atom stereocenters. The van der Waals surface area contributed by atoms with E-state index in [9.17, 15) is 43.2 Å². The molecular weight excluding hydrogens is 1470 g/mol. The predicted molar refractivity (Wildman–Crippen MR) is 431 cm³/mol. The number of carboxylic acid groups (broad SMARTS) is 1. The number of nitrogens with zero attached hydrogens (tertiary/aromatic N) is 9. The van der Waals surface area contributed by atoms with E-state index in [4.69, 9.17) is 22.4 Å². The van der Waals surface area contributed by atoms with Crippen molar-refractivity contribution in [2.24, 2.45) is 5.73 Å². The van der Waals surface area contributed by atoms with Crippen molar-refractivity contribution in [3.63, 3.8) is 0 Å². The summed E-state index contributed by atoms with van der Waals surface area (Å²) in [5.74, 6) is -3.10. The van der Waals surface area contributed by atoms with Crippen molar-refractivity contribution < 1.29 is 78.4 Å². The second-order valence-electron chi connectivity index (χ2n) is 32.0. The minimum Gasteiger partial charge on any atom is -0.870 e. The number of carbonyl (C=O) groups is 6. The molecule has 113 heavy (non-hydrogen) atoms. The number of para-hydroxylation sites is 6. The first-order valence-electron chi connectivity index (χ1n) is 41.3. The van der Waals surface area contributed by atoms with E-state index in [2.05, 4.69) is 65.7 Å². The van der Waals surface area contributed by atoms with E-state index in [-0.39, 0.29) is 125 Å². The summed E-state index contributed by atoms with van der Waals surface area (Å²) >= 11 is 6.23.